The highest BCUT2D eigenvalue weighted by Crippen LogP contribution is 2.22. The SMILES string of the molecule is CCCCc1ccc(NC(=O)CCc2ccc(C(C)(C)C)cc2)cc1. The number of amides is 1. The molecule has 134 valence electrons. The molecule has 0 heterocycles. The summed E-state index contributed by atoms with van der Waals surface area (Å²) in [5, 5.41) is 2.99. The summed E-state index contributed by atoms with van der Waals surface area (Å²) in [6.45, 7) is 8.83. The van der Waals surface area contributed by atoms with E-state index in [0.29, 0.717) is 6.42 Å². The van der Waals surface area contributed by atoms with Crippen molar-refractivity contribution >= 4 is 11.6 Å². The molecule has 0 radical (unpaired) electrons. The van der Waals surface area contributed by atoms with Gasteiger partial charge in [0.1, 0.15) is 0 Å². The van der Waals surface area contributed by atoms with Gasteiger partial charge >= 0.3 is 0 Å². The van der Waals surface area contributed by atoms with E-state index in [0.717, 1.165) is 18.5 Å². The fourth-order valence-electron chi connectivity index (χ4n) is 2.79. The predicted molar refractivity (Wildman–Crippen MR) is 107 cm³/mol. The lowest BCUT2D eigenvalue weighted by Gasteiger charge is -2.19. The molecule has 25 heavy (non-hydrogen) atoms. The predicted octanol–water partition coefficient (Wildman–Crippen LogP) is 5.90. The number of aryl methyl sites for hydroxylation is 2. The molecule has 2 rings (SSSR count). The van der Waals surface area contributed by atoms with E-state index in [1.807, 2.05) is 12.1 Å². The Morgan fingerprint density at radius 2 is 1.44 bits per heavy atom. The van der Waals surface area contributed by atoms with Crippen LogP contribution < -0.4 is 5.32 Å². The molecule has 0 saturated heterocycles. The number of carbonyl (C=O) groups is 1. The van der Waals surface area contributed by atoms with Gasteiger partial charge in [0.15, 0.2) is 0 Å². The zero-order chi connectivity index (χ0) is 18.3. The number of carbonyl (C=O) groups excluding carboxylic acids is 1. The van der Waals surface area contributed by atoms with Crippen molar-refractivity contribution in [3.05, 3.63) is 65.2 Å². The van der Waals surface area contributed by atoms with Crippen molar-refractivity contribution in [3.63, 3.8) is 0 Å². The van der Waals surface area contributed by atoms with Crippen molar-refractivity contribution in [2.45, 2.75) is 65.2 Å². The van der Waals surface area contributed by atoms with Crippen LogP contribution in [0.15, 0.2) is 48.5 Å². The fraction of sp³-hybridized carbons (Fsp3) is 0.435. The number of hydrogen-bond acceptors (Lipinski definition) is 1. The lowest BCUT2D eigenvalue weighted by atomic mass is 9.86. The zero-order valence-electron chi connectivity index (χ0n) is 16.1. The monoisotopic (exact) mass is 337 g/mol. The van der Waals surface area contributed by atoms with Crippen LogP contribution in [0.3, 0.4) is 0 Å². The maximum absolute atomic E-state index is 12.2. The van der Waals surface area contributed by atoms with Gasteiger partial charge in [0.05, 0.1) is 0 Å². The van der Waals surface area contributed by atoms with Crippen LogP contribution in [0.4, 0.5) is 5.69 Å². The highest BCUT2D eigenvalue weighted by atomic mass is 16.1. The van der Waals surface area contributed by atoms with Gasteiger partial charge in [0, 0.05) is 12.1 Å². The molecule has 0 unspecified atom stereocenters. The second-order valence-electron chi connectivity index (χ2n) is 7.80. The van der Waals surface area contributed by atoms with E-state index in [-0.39, 0.29) is 11.3 Å². The first kappa shape index (κ1) is 19.2. The molecule has 0 bridgehead atoms. The Morgan fingerprint density at radius 3 is 2.00 bits per heavy atom. The minimum atomic E-state index is 0.0706. The van der Waals surface area contributed by atoms with Crippen LogP contribution in [-0.2, 0) is 23.1 Å². The Kier molecular flexibility index (Phi) is 6.81. The first-order chi connectivity index (χ1) is 11.9. The number of benzene rings is 2. The topological polar surface area (TPSA) is 29.1 Å². The van der Waals surface area contributed by atoms with Crippen molar-refractivity contribution < 1.29 is 4.79 Å². The van der Waals surface area contributed by atoms with Crippen molar-refractivity contribution in [2.75, 3.05) is 5.32 Å². The molecule has 2 aromatic carbocycles. The highest BCUT2D eigenvalue weighted by Gasteiger charge is 2.13. The molecule has 0 aliphatic heterocycles. The van der Waals surface area contributed by atoms with Crippen molar-refractivity contribution in [2.24, 2.45) is 0 Å². The van der Waals surface area contributed by atoms with Crippen LogP contribution in [0.25, 0.3) is 0 Å². The Balaban J connectivity index is 1.82. The molecular formula is C23H31NO. The van der Waals surface area contributed by atoms with Crippen LogP contribution in [0.1, 0.15) is 63.6 Å². The van der Waals surface area contributed by atoms with E-state index >= 15 is 0 Å². The van der Waals surface area contributed by atoms with Crippen LogP contribution in [0, 0.1) is 0 Å². The summed E-state index contributed by atoms with van der Waals surface area (Å²) >= 11 is 0. The Hall–Kier alpha value is -2.09. The number of hydrogen-bond donors (Lipinski definition) is 1. The van der Waals surface area contributed by atoms with E-state index in [1.165, 1.54) is 29.5 Å². The lowest BCUT2D eigenvalue weighted by Crippen LogP contribution is -2.13. The first-order valence-corrected chi connectivity index (χ1v) is 9.36. The van der Waals surface area contributed by atoms with Crippen LogP contribution in [-0.4, -0.2) is 5.91 Å². The number of nitrogens with one attached hydrogen (secondary N) is 1. The van der Waals surface area contributed by atoms with Gasteiger partial charge in [-0.1, -0.05) is 70.5 Å². The third-order valence-electron chi connectivity index (χ3n) is 4.52. The molecule has 0 saturated carbocycles. The summed E-state index contributed by atoms with van der Waals surface area (Å²) in [6, 6.07) is 16.8. The Morgan fingerprint density at radius 1 is 0.880 bits per heavy atom. The van der Waals surface area contributed by atoms with Gasteiger partial charge in [0.25, 0.3) is 0 Å². The van der Waals surface area contributed by atoms with Crippen LogP contribution >= 0.6 is 0 Å². The van der Waals surface area contributed by atoms with E-state index in [1.54, 1.807) is 0 Å². The van der Waals surface area contributed by atoms with E-state index in [2.05, 4.69) is 69.4 Å². The maximum atomic E-state index is 12.2. The lowest BCUT2D eigenvalue weighted by molar-refractivity contribution is -0.116. The van der Waals surface area contributed by atoms with Gasteiger partial charge < -0.3 is 5.32 Å². The molecule has 2 nitrogen and oxygen atoms in total. The maximum Gasteiger partial charge on any atom is 0.224 e. The number of rotatable bonds is 7. The summed E-state index contributed by atoms with van der Waals surface area (Å²) < 4.78 is 0. The molecule has 1 N–H and O–H groups in total. The molecule has 0 aromatic heterocycles. The van der Waals surface area contributed by atoms with Gasteiger partial charge in [-0.3, -0.25) is 4.79 Å². The molecular weight excluding hydrogens is 306 g/mol. The summed E-state index contributed by atoms with van der Waals surface area (Å²) in [4.78, 5) is 12.2. The molecule has 0 atom stereocenters. The largest absolute Gasteiger partial charge is 0.326 e. The van der Waals surface area contributed by atoms with Gasteiger partial charge in [0.2, 0.25) is 5.91 Å². The second-order valence-corrected chi connectivity index (χ2v) is 7.80. The molecule has 2 heteroatoms. The van der Waals surface area contributed by atoms with E-state index in [9.17, 15) is 4.79 Å². The summed E-state index contributed by atoms with van der Waals surface area (Å²) in [5.41, 5.74) is 4.91. The third kappa shape index (κ3) is 6.38. The molecule has 2 aromatic rings. The van der Waals surface area contributed by atoms with Gasteiger partial charge in [-0.15, -0.1) is 0 Å². The van der Waals surface area contributed by atoms with Crippen molar-refractivity contribution in [3.8, 4) is 0 Å². The standard InChI is InChI=1S/C23H31NO/c1-5-6-7-18-10-15-21(16-11-18)24-22(25)17-12-19-8-13-20(14-9-19)23(2,3)4/h8-11,13-16H,5-7,12,17H2,1-4H3,(H,24,25). The van der Waals surface area contributed by atoms with Crippen LogP contribution in [0.5, 0.6) is 0 Å². The smallest absolute Gasteiger partial charge is 0.224 e. The number of anilines is 1. The Bertz CT molecular complexity index is 663. The molecule has 0 spiro atoms. The third-order valence-corrected chi connectivity index (χ3v) is 4.52. The first-order valence-electron chi connectivity index (χ1n) is 9.36. The summed E-state index contributed by atoms with van der Waals surface area (Å²) in [7, 11) is 0. The molecule has 1 amide bonds. The summed E-state index contributed by atoms with van der Waals surface area (Å²) in [6.07, 6.45) is 4.79. The minimum absolute atomic E-state index is 0.0706. The molecule has 0 aliphatic rings. The minimum Gasteiger partial charge on any atom is -0.326 e. The van der Waals surface area contributed by atoms with E-state index in [4.69, 9.17) is 0 Å². The molecule has 0 aliphatic carbocycles. The number of unbranched alkanes of at least 4 members (excludes halogenated alkanes) is 1. The average Bonchev–Trinajstić information content (AvgIpc) is 2.59. The van der Waals surface area contributed by atoms with Crippen molar-refractivity contribution in [1.29, 1.82) is 0 Å². The fourth-order valence-corrected chi connectivity index (χ4v) is 2.79. The summed E-state index contributed by atoms with van der Waals surface area (Å²) in [5.74, 6) is 0.0706. The normalized spacial score (nSPS) is 11.4. The quantitative estimate of drug-likeness (QED) is 0.670. The molecule has 0 fully saturated rings. The zero-order valence-corrected chi connectivity index (χ0v) is 16.1. The van der Waals surface area contributed by atoms with Crippen molar-refractivity contribution in [1.82, 2.24) is 0 Å². The van der Waals surface area contributed by atoms with E-state index < -0.39 is 0 Å². The van der Waals surface area contributed by atoms with Gasteiger partial charge in [-0.2, -0.15) is 0 Å². The van der Waals surface area contributed by atoms with Gasteiger partial charge in [-0.25, -0.2) is 0 Å². The highest BCUT2D eigenvalue weighted by molar-refractivity contribution is 5.90. The van der Waals surface area contributed by atoms with Gasteiger partial charge in [-0.05, 0) is 53.5 Å². The average molecular weight is 338 g/mol. The second kappa shape index (κ2) is 8.84. The Labute approximate surface area is 152 Å². The van der Waals surface area contributed by atoms with Crippen LogP contribution in [0.2, 0.25) is 0 Å².